The molecular weight excluding hydrogens is 305 g/mol. The van der Waals surface area contributed by atoms with E-state index in [1.54, 1.807) is 0 Å². The van der Waals surface area contributed by atoms with Crippen LogP contribution < -0.4 is 0 Å². The van der Waals surface area contributed by atoms with Crippen LogP contribution in [0.4, 0.5) is 0 Å². The predicted octanol–water partition coefficient (Wildman–Crippen LogP) is 2.92. The van der Waals surface area contributed by atoms with E-state index in [2.05, 4.69) is 15.9 Å². The van der Waals surface area contributed by atoms with Gasteiger partial charge in [0.05, 0.1) is 0 Å². The molecule has 0 aromatic heterocycles. The van der Waals surface area contributed by atoms with Crippen molar-refractivity contribution in [2.45, 2.75) is 25.4 Å². The number of carbonyl (C=O) groups is 1. The third-order valence-corrected chi connectivity index (χ3v) is 3.48. The molecule has 1 aromatic rings. The number of rotatable bonds is 3. The zero-order valence-corrected chi connectivity index (χ0v) is 11.7. The minimum atomic E-state index is -0.699. The van der Waals surface area contributed by atoms with Crippen molar-refractivity contribution in [2.24, 2.45) is 0 Å². The van der Waals surface area contributed by atoms with Crippen molar-refractivity contribution < 1.29 is 9.90 Å². The minimum Gasteiger partial charge on any atom is -0.480 e. The maximum absolute atomic E-state index is 11.0. The number of aliphatic carboxylic acids is 1. The summed E-state index contributed by atoms with van der Waals surface area (Å²) >= 11 is 3.39. The van der Waals surface area contributed by atoms with Crippen LogP contribution in [0.1, 0.15) is 18.4 Å². The molecule has 94 valence electrons. The van der Waals surface area contributed by atoms with E-state index in [1.165, 1.54) is 0 Å². The van der Waals surface area contributed by atoms with E-state index in [4.69, 9.17) is 5.11 Å². The van der Waals surface area contributed by atoms with Gasteiger partial charge in [-0.2, -0.15) is 0 Å². The van der Waals surface area contributed by atoms with Crippen molar-refractivity contribution in [3.63, 3.8) is 0 Å². The minimum absolute atomic E-state index is 0. The Kier molecular flexibility index (Phi) is 5.43. The van der Waals surface area contributed by atoms with Crippen LogP contribution in [-0.2, 0) is 11.3 Å². The average molecular weight is 321 g/mol. The van der Waals surface area contributed by atoms with E-state index < -0.39 is 5.97 Å². The summed E-state index contributed by atoms with van der Waals surface area (Å²) in [7, 11) is 0. The topological polar surface area (TPSA) is 40.5 Å². The number of carboxylic acids is 1. The van der Waals surface area contributed by atoms with Gasteiger partial charge >= 0.3 is 5.97 Å². The maximum Gasteiger partial charge on any atom is 0.320 e. The Morgan fingerprint density at radius 3 is 2.65 bits per heavy atom. The molecule has 17 heavy (non-hydrogen) atoms. The predicted molar refractivity (Wildman–Crippen MR) is 72.5 cm³/mol. The highest BCUT2D eigenvalue weighted by molar-refractivity contribution is 9.10. The fourth-order valence-electron chi connectivity index (χ4n) is 2.12. The number of likely N-dealkylation sites (tertiary alicyclic amines) is 1. The molecule has 3 nitrogen and oxygen atoms in total. The van der Waals surface area contributed by atoms with Gasteiger partial charge in [-0.3, -0.25) is 9.69 Å². The van der Waals surface area contributed by atoms with Crippen molar-refractivity contribution in [3.8, 4) is 0 Å². The zero-order valence-electron chi connectivity index (χ0n) is 9.30. The molecule has 0 spiro atoms. The van der Waals surface area contributed by atoms with E-state index >= 15 is 0 Å². The molecule has 1 aliphatic heterocycles. The second-order valence-corrected chi connectivity index (χ2v) is 5.01. The normalized spacial score (nSPS) is 19.9. The highest BCUT2D eigenvalue weighted by atomic mass is 79.9. The van der Waals surface area contributed by atoms with Crippen LogP contribution in [0.25, 0.3) is 0 Å². The quantitative estimate of drug-likeness (QED) is 0.931. The molecule has 1 N–H and O–H groups in total. The number of nitrogens with zero attached hydrogens (tertiary/aromatic N) is 1. The lowest BCUT2D eigenvalue weighted by Gasteiger charge is -2.20. The lowest BCUT2D eigenvalue weighted by molar-refractivity contribution is -0.142. The van der Waals surface area contributed by atoms with Gasteiger partial charge < -0.3 is 5.11 Å². The van der Waals surface area contributed by atoms with Gasteiger partial charge in [-0.05, 0) is 37.1 Å². The van der Waals surface area contributed by atoms with Crippen molar-refractivity contribution in [1.82, 2.24) is 4.90 Å². The molecule has 1 aromatic carbocycles. The largest absolute Gasteiger partial charge is 0.480 e. The van der Waals surface area contributed by atoms with Gasteiger partial charge in [-0.15, -0.1) is 12.4 Å². The summed E-state index contributed by atoms with van der Waals surface area (Å²) < 4.78 is 1.05. The smallest absolute Gasteiger partial charge is 0.320 e. The molecule has 2 rings (SSSR count). The fraction of sp³-hybridized carbons (Fsp3) is 0.417. The molecule has 1 atom stereocenters. The van der Waals surface area contributed by atoms with Crippen LogP contribution >= 0.6 is 28.3 Å². The van der Waals surface area contributed by atoms with E-state index in [1.807, 2.05) is 29.2 Å². The standard InChI is InChI=1S/C12H14BrNO2.ClH/c13-10-5-3-9(4-6-10)8-14-7-1-2-11(14)12(15)16;/h3-6,11H,1-2,7-8H2,(H,15,16);1H. The summed E-state index contributed by atoms with van der Waals surface area (Å²) in [5.41, 5.74) is 1.16. The fourth-order valence-corrected chi connectivity index (χ4v) is 2.38. The van der Waals surface area contributed by atoms with E-state index in [-0.39, 0.29) is 18.4 Å². The monoisotopic (exact) mass is 319 g/mol. The summed E-state index contributed by atoms with van der Waals surface area (Å²) in [6, 6.07) is 7.73. The first-order valence-electron chi connectivity index (χ1n) is 5.38. The molecule has 0 radical (unpaired) electrons. The first-order valence-corrected chi connectivity index (χ1v) is 6.17. The van der Waals surface area contributed by atoms with Gasteiger partial charge in [-0.1, -0.05) is 28.1 Å². The molecule has 0 amide bonds. The number of halogens is 2. The Labute approximate surface area is 115 Å². The van der Waals surface area contributed by atoms with Gasteiger partial charge in [0.25, 0.3) is 0 Å². The molecule has 5 heteroatoms. The molecule has 0 saturated carbocycles. The Bertz CT molecular complexity index is 383. The lowest BCUT2D eigenvalue weighted by atomic mass is 10.2. The van der Waals surface area contributed by atoms with Crippen molar-refractivity contribution in [1.29, 1.82) is 0 Å². The number of hydrogen-bond donors (Lipinski definition) is 1. The molecule has 1 fully saturated rings. The molecule has 1 saturated heterocycles. The Morgan fingerprint density at radius 2 is 2.06 bits per heavy atom. The third-order valence-electron chi connectivity index (χ3n) is 2.95. The SMILES string of the molecule is Cl.O=C(O)C1CCCN1Cc1ccc(Br)cc1. The molecule has 0 aliphatic carbocycles. The van der Waals surface area contributed by atoms with Gasteiger partial charge in [0.15, 0.2) is 0 Å². The number of benzene rings is 1. The van der Waals surface area contributed by atoms with E-state index in [9.17, 15) is 4.79 Å². The van der Waals surface area contributed by atoms with Crippen LogP contribution in [0.15, 0.2) is 28.7 Å². The summed E-state index contributed by atoms with van der Waals surface area (Å²) in [6.07, 6.45) is 1.75. The summed E-state index contributed by atoms with van der Waals surface area (Å²) in [6.45, 7) is 1.61. The number of hydrogen-bond acceptors (Lipinski definition) is 2. The maximum atomic E-state index is 11.0. The second kappa shape index (κ2) is 6.38. The summed E-state index contributed by atoms with van der Waals surface area (Å²) in [5.74, 6) is -0.699. The van der Waals surface area contributed by atoms with E-state index in [0.29, 0.717) is 0 Å². The second-order valence-electron chi connectivity index (χ2n) is 4.09. The highest BCUT2D eigenvalue weighted by Crippen LogP contribution is 2.21. The van der Waals surface area contributed by atoms with Crippen LogP contribution in [0.5, 0.6) is 0 Å². The average Bonchev–Trinajstić information content (AvgIpc) is 2.69. The highest BCUT2D eigenvalue weighted by Gasteiger charge is 2.29. The lowest BCUT2D eigenvalue weighted by Crippen LogP contribution is -2.35. The molecule has 0 bridgehead atoms. The van der Waals surface area contributed by atoms with Gasteiger partial charge in [0.1, 0.15) is 6.04 Å². The zero-order chi connectivity index (χ0) is 11.5. The Morgan fingerprint density at radius 1 is 1.41 bits per heavy atom. The number of carboxylic acid groups (broad SMARTS) is 1. The van der Waals surface area contributed by atoms with Gasteiger partial charge in [-0.25, -0.2) is 0 Å². The molecule has 1 unspecified atom stereocenters. The molecular formula is C12H15BrClNO2. The van der Waals surface area contributed by atoms with Gasteiger partial charge in [0.2, 0.25) is 0 Å². The molecule has 1 aliphatic rings. The van der Waals surface area contributed by atoms with Crippen LogP contribution in [-0.4, -0.2) is 28.6 Å². The Balaban J connectivity index is 0.00000144. The van der Waals surface area contributed by atoms with Crippen molar-refractivity contribution >= 4 is 34.3 Å². The van der Waals surface area contributed by atoms with Crippen molar-refractivity contribution in [3.05, 3.63) is 34.3 Å². The first-order chi connectivity index (χ1) is 7.66. The third kappa shape index (κ3) is 3.69. The Hall–Kier alpha value is -0.580. The summed E-state index contributed by atoms with van der Waals surface area (Å²) in [4.78, 5) is 13.0. The van der Waals surface area contributed by atoms with Gasteiger partial charge in [0, 0.05) is 11.0 Å². The first kappa shape index (κ1) is 14.5. The van der Waals surface area contributed by atoms with Crippen LogP contribution in [0, 0.1) is 0 Å². The summed E-state index contributed by atoms with van der Waals surface area (Å²) in [5, 5.41) is 9.06. The van der Waals surface area contributed by atoms with E-state index in [0.717, 1.165) is 36.0 Å². The van der Waals surface area contributed by atoms with Crippen molar-refractivity contribution in [2.75, 3.05) is 6.54 Å². The van der Waals surface area contributed by atoms with Crippen LogP contribution in [0.2, 0.25) is 0 Å². The van der Waals surface area contributed by atoms with Crippen LogP contribution in [0.3, 0.4) is 0 Å². The molecule has 1 heterocycles.